The van der Waals surface area contributed by atoms with Crippen LogP contribution >= 0.6 is 0 Å². The van der Waals surface area contributed by atoms with Crippen LogP contribution in [0.5, 0.6) is 0 Å². The number of rotatable bonds is 10. The molecular weight excluding hydrogens is 624 g/mol. The Morgan fingerprint density at radius 3 is 2.30 bits per heavy atom. The molecule has 1 amide bonds. The summed E-state index contributed by atoms with van der Waals surface area (Å²) in [6.45, 7) is -0.404. The third-order valence-electron chi connectivity index (χ3n) is 6.57. The summed E-state index contributed by atoms with van der Waals surface area (Å²) < 4.78 is 47.1. The number of carbonyl (C=O) groups is 1. The van der Waals surface area contributed by atoms with Gasteiger partial charge in [0.05, 0.1) is 0 Å². The first-order valence-electron chi connectivity index (χ1n) is 11.7. The van der Waals surface area contributed by atoms with Gasteiger partial charge in [-0.3, -0.25) is 0 Å². The average Bonchev–Trinajstić information content (AvgIpc) is 3.42. The van der Waals surface area contributed by atoms with Crippen LogP contribution in [0.4, 0.5) is 13.2 Å². The number of amides is 1. The molecule has 33 heavy (non-hydrogen) atoms. The maximum absolute atomic E-state index is 13.4. The second-order valence-electron chi connectivity index (χ2n) is 8.81. The van der Waals surface area contributed by atoms with E-state index in [9.17, 15) is 18.0 Å². The summed E-state index contributed by atoms with van der Waals surface area (Å²) >= 11 is -0.397. The van der Waals surface area contributed by atoms with Crippen molar-refractivity contribution in [3.63, 3.8) is 0 Å². The quantitative estimate of drug-likeness (QED) is 0.324. The van der Waals surface area contributed by atoms with Crippen LogP contribution in [-0.2, 0) is 14.9 Å². The van der Waals surface area contributed by atoms with Gasteiger partial charge in [0.2, 0.25) is 0 Å². The SMILES string of the molecule is O=C(NCC(F)(F)F)C1(CCCC[CH2][Po][CH2]C2CCCO2)c2ccccc2-c2ccccc21. The number of ether oxygens (including phenoxy) is 1. The third-order valence-corrected chi connectivity index (χ3v) is 11.2. The van der Waals surface area contributed by atoms with Gasteiger partial charge in [0.15, 0.2) is 0 Å². The van der Waals surface area contributed by atoms with Gasteiger partial charge in [0.1, 0.15) is 0 Å². The first kappa shape index (κ1) is 24.7. The number of hydrogen-bond donors (Lipinski definition) is 1. The molecule has 7 heteroatoms. The van der Waals surface area contributed by atoms with Gasteiger partial charge in [-0.15, -0.1) is 0 Å². The van der Waals surface area contributed by atoms with Crippen LogP contribution in [0.2, 0.25) is 8.16 Å². The number of carbonyl (C=O) groups excluding carboxylic acids is 1. The van der Waals surface area contributed by atoms with Crippen LogP contribution in [0.3, 0.4) is 0 Å². The van der Waals surface area contributed by atoms with Gasteiger partial charge in [-0.25, -0.2) is 0 Å². The maximum atomic E-state index is 13.4. The van der Waals surface area contributed by atoms with Crippen molar-refractivity contribution in [2.75, 3.05) is 13.2 Å². The minimum atomic E-state index is -4.44. The fourth-order valence-corrected chi connectivity index (χ4v) is 9.32. The van der Waals surface area contributed by atoms with Crippen LogP contribution in [0, 0.1) is 0 Å². The van der Waals surface area contributed by atoms with Gasteiger partial charge in [-0.05, 0) is 0 Å². The monoisotopic (exact) mass is 654 g/mol. The van der Waals surface area contributed by atoms with E-state index in [0.29, 0.717) is 12.5 Å². The standard InChI is InChI=1S/C21H21F3NO.C5H9O.Po/c1-2-3-8-13-20(19(26)25-14-21(22,23)24)17-11-6-4-9-15(17)16-10-5-7-12-18(16)20;1-5-3-2-4-6-5;/h4-7,9-12H,1-3,8,13-14H2,(H,25,26);5H,1-4H2;. The molecule has 0 radical (unpaired) electrons. The first-order valence-corrected chi connectivity index (χ1v) is 16.1. The van der Waals surface area contributed by atoms with Gasteiger partial charge in [-0.1, -0.05) is 0 Å². The van der Waals surface area contributed by atoms with E-state index in [-0.39, 0.29) is 0 Å². The summed E-state index contributed by atoms with van der Waals surface area (Å²) in [7, 11) is 0. The topological polar surface area (TPSA) is 38.3 Å². The number of unbranched alkanes of at least 4 members (excludes halogenated alkanes) is 2. The normalized spacial score (nSPS) is 18.7. The molecule has 1 aliphatic carbocycles. The summed E-state index contributed by atoms with van der Waals surface area (Å²) in [4.78, 5) is 13.4. The van der Waals surface area contributed by atoms with E-state index >= 15 is 0 Å². The number of hydrogen-bond acceptors (Lipinski definition) is 2. The molecule has 2 aromatic carbocycles. The van der Waals surface area contributed by atoms with E-state index in [1.54, 1.807) is 0 Å². The molecule has 1 saturated heterocycles. The summed E-state index contributed by atoms with van der Waals surface area (Å²) in [5, 5.41) is 2.21. The van der Waals surface area contributed by atoms with Crippen LogP contribution in [-0.4, -0.2) is 54.9 Å². The van der Waals surface area contributed by atoms with E-state index in [1.807, 2.05) is 48.5 Å². The molecule has 1 heterocycles. The van der Waals surface area contributed by atoms with Gasteiger partial charge in [-0.2, -0.15) is 0 Å². The predicted octanol–water partition coefficient (Wildman–Crippen LogP) is 5.91. The Hall–Kier alpha value is -1.44. The molecule has 2 aromatic rings. The molecule has 2 aliphatic rings. The third kappa shape index (κ3) is 5.62. The number of benzene rings is 2. The molecule has 1 unspecified atom stereocenters. The van der Waals surface area contributed by atoms with Crippen molar-refractivity contribution in [2.24, 2.45) is 0 Å². The minimum absolute atomic E-state index is 0.397. The fourth-order valence-electron chi connectivity index (χ4n) is 5.05. The Balaban J connectivity index is 1.47. The van der Waals surface area contributed by atoms with Crippen molar-refractivity contribution >= 4 is 29.5 Å². The van der Waals surface area contributed by atoms with E-state index in [0.717, 1.165) is 48.1 Å². The number of fused-ring (bicyclic) bond motifs is 3. The molecule has 0 bridgehead atoms. The van der Waals surface area contributed by atoms with Crippen molar-refractivity contribution in [1.29, 1.82) is 0 Å². The molecule has 1 N–H and O–H groups in total. The Labute approximate surface area is 205 Å². The summed E-state index contributed by atoms with van der Waals surface area (Å²) in [6, 6.07) is 15.3. The molecule has 4 rings (SSSR count). The van der Waals surface area contributed by atoms with Crippen molar-refractivity contribution in [3.8, 4) is 11.1 Å². The zero-order chi connectivity index (χ0) is 23.3. The van der Waals surface area contributed by atoms with Crippen LogP contribution in [0.15, 0.2) is 48.5 Å². The van der Waals surface area contributed by atoms with E-state index in [2.05, 4.69) is 5.32 Å². The zero-order valence-electron chi connectivity index (χ0n) is 18.6. The Morgan fingerprint density at radius 2 is 1.70 bits per heavy atom. The second kappa shape index (κ2) is 10.9. The molecule has 1 atom stereocenters. The van der Waals surface area contributed by atoms with E-state index in [1.165, 1.54) is 21.0 Å². The molecule has 0 saturated carbocycles. The van der Waals surface area contributed by atoms with E-state index in [4.69, 9.17) is 4.74 Å². The average molecular weight is 655 g/mol. The number of halogens is 3. The van der Waals surface area contributed by atoms with Gasteiger partial charge >= 0.3 is 206 Å². The summed E-state index contributed by atoms with van der Waals surface area (Å²) in [5.41, 5.74) is 2.46. The van der Waals surface area contributed by atoms with Gasteiger partial charge < -0.3 is 0 Å². The molecule has 1 aliphatic heterocycles. The Morgan fingerprint density at radius 1 is 1.03 bits per heavy atom. The van der Waals surface area contributed by atoms with Crippen molar-refractivity contribution < 1.29 is 22.7 Å². The van der Waals surface area contributed by atoms with Crippen molar-refractivity contribution in [1.82, 2.24) is 5.32 Å². The Bertz CT molecular complexity index is 911. The molecule has 0 aromatic heterocycles. The zero-order valence-corrected chi connectivity index (χ0v) is 21.8. The van der Waals surface area contributed by atoms with E-state index < -0.39 is 47.6 Å². The molecule has 178 valence electrons. The predicted molar refractivity (Wildman–Crippen MR) is 125 cm³/mol. The fraction of sp³-hybridized carbons (Fsp3) is 0.500. The molecule has 3 nitrogen and oxygen atoms in total. The van der Waals surface area contributed by atoms with Gasteiger partial charge in [0, 0.05) is 0 Å². The summed E-state index contributed by atoms with van der Waals surface area (Å²) in [6.07, 6.45) is 1.87. The number of alkyl halides is 3. The van der Waals surface area contributed by atoms with Crippen molar-refractivity contribution in [2.45, 2.75) is 64.4 Å². The molecular formula is C26H30F3NO2Po. The first-order chi connectivity index (χ1) is 15.9. The van der Waals surface area contributed by atoms with Gasteiger partial charge in [0.25, 0.3) is 0 Å². The molecule has 1 fully saturated rings. The van der Waals surface area contributed by atoms with Crippen LogP contribution < -0.4 is 5.32 Å². The Kier molecular flexibility index (Phi) is 8.13. The van der Waals surface area contributed by atoms with Crippen LogP contribution in [0.25, 0.3) is 11.1 Å². The summed E-state index contributed by atoms with van der Waals surface area (Å²) in [5.74, 6) is -0.549. The molecule has 0 spiro atoms. The number of nitrogens with one attached hydrogen (secondary N) is 1. The van der Waals surface area contributed by atoms with Crippen LogP contribution in [0.1, 0.15) is 49.7 Å². The second-order valence-corrected chi connectivity index (χ2v) is 13.3. The van der Waals surface area contributed by atoms with Crippen molar-refractivity contribution in [3.05, 3.63) is 59.7 Å².